The van der Waals surface area contributed by atoms with Gasteiger partial charge in [-0.2, -0.15) is 0 Å². The van der Waals surface area contributed by atoms with Gasteiger partial charge in [0.15, 0.2) is 0 Å². The van der Waals surface area contributed by atoms with Crippen LogP contribution in [-0.4, -0.2) is 49.1 Å². The first-order valence-corrected chi connectivity index (χ1v) is 6.48. The highest BCUT2D eigenvalue weighted by molar-refractivity contribution is 5.79. The number of likely N-dealkylation sites (N-methyl/N-ethyl adjacent to an activating group) is 1. The van der Waals surface area contributed by atoms with Crippen molar-refractivity contribution >= 4 is 11.9 Å². The standard InChI is InChI=1S/C13H24N2O3/c1-13(2,3)18-12(17)10-5-7-15(8-6-10)11(16)9-14-4/h10,14H,5-9H2,1-4H3. The number of nitrogens with zero attached hydrogens (tertiary/aromatic N) is 1. The molecule has 0 radical (unpaired) electrons. The molecule has 0 atom stereocenters. The largest absolute Gasteiger partial charge is 0.460 e. The van der Waals surface area contributed by atoms with Gasteiger partial charge in [0.2, 0.25) is 5.91 Å². The smallest absolute Gasteiger partial charge is 0.309 e. The average molecular weight is 256 g/mol. The number of likely N-dealkylation sites (tertiary alicyclic amines) is 1. The Kier molecular flexibility index (Phi) is 5.14. The molecule has 0 aromatic carbocycles. The Labute approximate surface area is 109 Å². The summed E-state index contributed by atoms with van der Waals surface area (Å²) in [7, 11) is 1.76. The summed E-state index contributed by atoms with van der Waals surface area (Å²) in [6.07, 6.45) is 1.40. The lowest BCUT2D eigenvalue weighted by atomic mass is 9.96. The molecule has 1 rings (SSSR count). The normalized spacial score (nSPS) is 17.7. The van der Waals surface area contributed by atoms with E-state index in [0.717, 1.165) is 0 Å². The lowest BCUT2D eigenvalue weighted by Gasteiger charge is -2.32. The molecular weight excluding hydrogens is 232 g/mol. The Balaban J connectivity index is 2.39. The molecular formula is C13H24N2O3. The van der Waals surface area contributed by atoms with Crippen molar-refractivity contribution in [1.82, 2.24) is 10.2 Å². The van der Waals surface area contributed by atoms with Gasteiger partial charge >= 0.3 is 5.97 Å². The second kappa shape index (κ2) is 6.18. The average Bonchev–Trinajstić information content (AvgIpc) is 2.27. The molecule has 0 unspecified atom stereocenters. The first-order chi connectivity index (χ1) is 8.33. The minimum atomic E-state index is -0.434. The predicted molar refractivity (Wildman–Crippen MR) is 69.1 cm³/mol. The number of hydrogen-bond acceptors (Lipinski definition) is 4. The minimum absolute atomic E-state index is 0.0668. The first kappa shape index (κ1) is 15.0. The fraction of sp³-hybridized carbons (Fsp3) is 0.846. The van der Waals surface area contributed by atoms with Crippen LogP contribution in [0.25, 0.3) is 0 Å². The number of ether oxygens (including phenoxy) is 1. The summed E-state index contributed by atoms with van der Waals surface area (Å²) >= 11 is 0. The van der Waals surface area contributed by atoms with E-state index in [4.69, 9.17) is 4.74 Å². The predicted octanol–water partition coefficient (Wildman–Crippen LogP) is 0.786. The van der Waals surface area contributed by atoms with Crippen LogP contribution in [0.2, 0.25) is 0 Å². The van der Waals surface area contributed by atoms with E-state index < -0.39 is 5.60 Å². The molecule has 0 saturated carbocycles. The summed E-state index contributed by atoms with van der Waals surface area (Å²) in [6, 6.07) is 0. The molecule has 104 valence electrons. The molecule has 1 aliphatic rings. The van der Waals surface area contributed by atoms with Crippen LogP contribution in [-0.2, 0) is 14.3 Å². The molecule has 1 heterocycles. The molecule has 1 N–H and O–H groups in total. The van der Waals surface area contributed by atoms with Crippen LogP contribution < -0.4 is 5.32 Å². The van der Waals surface area contributed by atoms with E-state index in [1.54, 1.807) is 11.9 Å². The number of esters is 1. The number of rotatable bonds is 3. The Hall–Kier alpha value is -1.10. The molecule has 0 bridgehead atoms. The lowest BCUT2D eigenvalue weighted by molar-refractivity contribution is -0.162. The van der Waals surface area contributed by atoms with E-state index in [2.05, 4.69) is 5.32 Å². The first-order valence-electron chi connectivity index (χ1n) is 6.48. The van der Waals surface area contributed by atoms with E-state index in [-0.39, 0.29) is 17.8 Å². The van der Waals surface area contributed by atoms with Gasteiger partial charge in [-0.3, -0.25) is 9.59 Å². The number of nitrogens with one attached hydrogen (secondary N) is 1. The second-order valence-corrected chi connectivity index (χ2v) is 5.72. The van der Waals surface area contributed by atoms with Gasteiger partial charge in [-0.25, -0.2) is 0 Å². The Morgan fingerprint density at radius 1 is 1.28 bits per heavy atom. The van der Waals surface area contributed by atoms with Crippen molar-refractivity contribution in [3.8, 4) is 0 Å². The van der Waals surface area contributed by atoms with Crippen molar-refractivity contribution < 1.29 is 14.3 Å². The van der Waals surface area contributed by atoms with E-state index in [1.807, 2.05) is 20.8 Å². The molecule has 0 aromatic rings. The monoisotopic (exact) mass is 256 g/mol. The van der Waals surface area contributed by atoms with E-state index >= 15 is 0 Å². The summed E-state index contributed by atoms with van der Waals surface area (Å²) in [5.74, 6) is -0.105. The Morgan fingerprint density at radius 2 is 1.83 bits per heavy atom. The van der Waals surface area contributed by atoms with Crippen LogP contribution in [0.5, 0.6) is 0 Å². The van der Waals surface area contributed by atoms with Crippen LogP contribution in [0.1, 0.15) is 33.6 Å². The maximum Gasteiger partial charge on any atom is 0.309 e. The molecule has 1 fully saturated rings. The molecule has 0 aromatic heterocycles. The number of amides is 1. The quantitative estimate of drug-likeness (QED) is 0.758. The van der Waals surface area contributed by atoms with E-state index in [9.17, 15) is 9.59 Å². The number of piperidine rings is 1. The molecule has 18 heavy (non-hydrogen) atoms. The van der Waals surface area contributed by atoms with Crippen molar-refractivity contribution in [2.24, 2.45) is 5.92 Å². The fourth-order valence-electron chi connectivity index (χ4n) is 2.01. The summed E-state index contributed by atoms with van der Waals surface area (Å²) in [5.41, 5.74) is -0.434. The summed E-state index contributed by atoms with van der Waals surface area (Å²) in [5, 5.41) is 2.85. The third kappa shape index (κ3) is 4.64. The highest BCUT2D eigenvalue weighted by atomic mass is 16.6. The number of carbonyl (C=O) groups is 2. The molecule has 0 aliphatic carbocycles. The van der Waals surface area contributed by atoms with Crippen molar-refractivity contribution in [2.75, 3.05) is 26.7 Å². The van der Waals surface area contributed by atoms with E-state index in [0.29, 0.717) is 32.5 Å². The SMILES string of the molecule is CNCC(=O)N1CCC(C(=O)OC(C)(C)C)CC1. The Morgan fingerprint density at radius 3 is 2.28 bits per heavy atom. The van der Waals surface area contributed by atoms with Gasteiger partial charge in [-0.1, -0.05) is 0 Å². The zero-order valence-electron chi connectivity index (χ0n) is 11.8. The third-order valence-electron chi connectivity index (χ3n) is 2.92. The summed E-state index contributed by atoms with van der Waals surface area (Å²) in [4.78, 5) is 25.3. The van der Waals surface area contributed by atoms with Crippen molar-refractivity contribution in [3.05, 3.63) is 0 Å². The van der Waals surface area contributed by atoms with Gasteiger partial charge in [0.1, 0.15) is 5.60 Å². The van der Waals surface area contributed by atoms with Crippen LogP contribution in [0.15, 0.2) is 0 Å². The third-order valence-corrected chi connectivity index (χ3v) is 2.92. The molecule has 1 saturated heterocycles. The van der Waals surface area contributed by atoms with Gasteiger partial charge in [0.25, 0.3) is 0 Å². The summed E-state index contributed by atoms with van der Waals surface area (Å²) < 4.78 is 5.37. The topological polar surface area (TPSA) is 58.6 Å². The summed E-state index contributed by atoms with van der Waals surface area (Å²) in [6.45, 7) is 7.26. The fourth-order valence-corrected chi connectivity index (χ4v) is 2.01. The number of hydrogen-bond donors (Lipinski definition) is 1. The highest BCUT2D eigenvalue weighted by Crippen LogP contribution is 2.21. The second-order valence-electron chi connectivity index (χ2n) is 5.72. The molecule has 1 aliphatic heterocycles. The molecule has 0 spiro atoms. The van der Waals surface area contributed by atoms with Crippen molar-refractivity contribution in [2.45, 2.75) is 39.2 Å². The van der Waals surface area contributed by atoms with Gasteiger partial charge in [0, 0.05) is 13.1 Å². The van der Waals surface area contributed by atoms with Crippen LogP contribution in [0, 0.1) is 5.92 Å². The highest BCUT2D eigenvalue weighted by Gasteiger charge is 2.30. The van der Waals surface area contributed by atoms with Gasteiger partial charge in [0.05, 0.1) is 12.5 Å². The minimum Gasteiger partial charge on any atom is -0.460 e. The van der Waals surface area contributed by atoms with Crippen molar-refractivity contribution in [1.29, 1.82) is 0 Å². The van der Waals surface area contributed by atoms with Gasteiger partial charge in [-0.05, 0) is 40.7 Å². The molecule has 5 nitrogen and oxygen atoms in total. The maximum absolute atomic E-state index is 11.9. The van der Waals surface area contributed by atoms with Crippen LogP contribution >= 0.6 is 0 Å². The Bertz CT molecular complexity index is 302. The van der Waals surface area contributed by atoms with Crippen LogP contribution in [0.3, 0.4) is 0 Å². The molecule has 1 amide bonds. The van der Waals surface area contributed by atoms with E-state index in [1.165, 1.54) is 0 Å². The van der Waals surface area contributed by atoms with Gasteiger partial charge < -0.3 is 15.0 Å². The zero-order chi connectivity index (χ0) is 13.8. The molecule has 5 heteroatoms. The lowest BCUT2D eigenvalue weighted by Crippen LogP contribution is -2.44. The number of carbonyl (C=O) groups excluding carboxylic acids is 2. The van der Waals surface area contributed by atoms with Crippen molar-refractivity contribution in [3.63, 3.8) is 0 Å². The van der Waals surface area contributed by atoms with Crippen LogP contribution in [0.4, 0.5) is 0 Å². The maximum atomic E-state index is 11.9. The van der Waals surface area contributed by atoms with Gasteiger partial charge in [-0.15, -0.1) is 0 Å². The zero-order valence-corrected chi connectivity index (χ0v) is 11.8.